The van der Waals surface area contributed by atoms with E-state index in [1.54, 1.807) is 4.90 Å². The Hall–Kier alpha value is -1.84. The van der Waals surface area contributed by atoms with Crippen LogP contribution in [0.5, 0.6) is 0 Å². The normalized spacial score (nSPS) is 23.8. The summed E-state index contributed by atoms with van der Waals surface area (Å²) in [6.07, 6.45) is -11.2. The van der Waals surface area contributed by atoms with E-state index in [4.69, 9.17) is 5.11 Å². The summed E-state index contributed by atoms with van der Waals surface area (Å²) in [5.41, 5.74) is -6.09. The number of carboxylic acids is 1. The molecule has 150 valence electrons. The molecule has 0 spiro atoms. The number of benzene rings is 1. The molecule has 0 radical (unpaired) electrons. The first-order valence-corrected chi connectivity index (χ1v) is 8.27. The number of carbonyl (C=O) groups is 1. The van der Waals surface area contributed by atoms with Crippen LogP contribution in [0.25, 0.3) is 0 Å². The Labute approximate surface area is 149 Å². The van der Waals surface area contributed by atoms with E-state index < -0.39 is 29.6 Å². The van der Waals surface area contributed by atoms with Crippen molar-refractivity contribution in [2.45, 2.75) is 49.2 Å². The molecule has 1 aromatic carbocycles. The number of likely N-dealkylation sites (tertiary alicyclic amines) is 1. The van der Waals surface area contributed by atoms with Gasteiger partial charge in [-0.15, -0.1) is 0 Å². The number of halogens is 7. The highest BCUT2D eigenvalue weighted by Crippen LogP contribution is 2.54. The first-order chi connectivity index (χ1) is 12.4. The van der Waals surface area contributed by atoms with Gasteiger partial charge < -0.3 is 5.11 Å². The summed E-state index contributed by atoms with van der Waals surface area (Å²) in [7, 11) is 0. The number of aryl methyl sites for hydroxylation is 1. The molecule has 10 heteroatoms. The molecule has 3 nitrogen and oxygen atoms in total. The van der Waals surface area contributed by atoms with Gasteiger partial charge in [-0.25, -0.2) is 4.39 Å². The molecule has 1 aliphatic heterocycles. The van der Waals surface area contributed by atoms with Crippen LogP contribution in [0.2, 0.25) is 0 Å². The van der Waals surface area contributed by atoms with Gasteiger partial charge in [0.25, 0.3) is 0 Å². The van der Waals surface area contributed by atoms with Gasteiger partial charge in [0.15, 0.2) is 0 Å². The molecule has 0 bridgehead atoms. The van der Waals surface area contributed by atoms with Crippen LogP contribution < -0.4 is 0 Å². The van der Waals surface area contributed by atoms with E-state index >= 15 is 0 Å². The zero-order valence-electron chi connectivity index (χ0n) is 13.9. The second-order valence-corrected chi connectivity index (χ2v) is 6.93. The van der Waals surface area contributed by atoms with Gasteiger partial charge in [-0.1, -0.05) is 18.2 Å². The van der Waals surface area contributed by atoms with E-state index in [1.807, 2.05) is 0 Å². The van der Waals surface area contributed by atoms with Gasteiger partial charge in [-0.05, 0) is 36.9 Å². The van der Waals surface area contributed by atoms with Gasteiger partial charge in [-0.2, -0.15) is 26.3 Å². The Morgan fingerprint density at radius 3 is 2.26 bits per heavy atom. The largest absolute Gasteiger partial charge is 0.480 e. The van der Waals surface area contributed by atoms with Crippen LogP contribution in [0.15, 0.2) is 18.2 Å². The molecule has 0 aromatic heterocycles. The molecule has 1 N–H and O–H groups in total. The number of alkyl halides is 7. The van der Waals surface area contributed by atoms with E-state index in [2.05, 4.69) is 0 Å². The lowest BCUT2D eigenvalue weighted by molar-refractivity contribution is -0.348. The maximum Gasteiger partial charge on any atom is 0.435 e. The van der Waals surface area contributed by atoms with Gasteiger partial charge in [0.2, 0.25) is 0 Å². The highest BCUT2D eigenvalue weighted by atomic mass is 19.4. The monoisotopic (exact) mass is 399 g/mol. The summed E-state index contributed by atoms with van der Waals surface area (Å²) in [6, 6.07) is 2.19. The van der Waals surface area contributed by atoms with Gasteiger partial charge >= 0.3 is 24.0 Å². The molecule has 3 rings (SSSR count). The fourth-order valence-corrected chi connectivity index (χ4v) is 4.22. The summed E-state index contributed by atoms with van der Waals surface area (Å²) >= 11 is 0. The molecule has 1 aromatic rings. The summed E-state index contributed by atoms with van der Waals surface area (Å²) in [5.74, 6) is -1.19. The van der Waals surface area contributed by atoms with Crippen molar-refractivity contribution in [2.24, 2.45) is 0 Å². The Bertz CT molecular complexity index is 730. The number of aliphatic carboxylic acids is 1. The third-order valence-corrected chi connectivity index (χ3v) is 5.43. The predicted octanol–water partition coefficient (Wildman–Crippen LogP) is 4.16. The maximum absolute atomic E-state index is 14.3. The zero-order chi connectivity index (χ0) is 20.2. The maximum atomic E-state index is 14.3. The molecule has 1 fully saturated rings. The van der Waals surface area contributed by atoms with E-state index in [9.17, 15) is 35.5 Å². The molecule has 0 saturated carbocycles. The number of fused-ring (bicyclic) bond motifs is 3. The fourth-order valence-electron chi connectivity index (χ4n) is 4.22. The summed E-state index contributed by atoms with van der Waals surface area (Å²) in [5, 5.41) is 8.94. The van der Waals surface area contributed by atoms with Crippen LogP contribution >= 0.6 is 0 Å². The standard InChI is InChI=1S/C17H16F7NO2/c18-15(16(19,20)21,17(22,23)24)10-2-3-11-9(7-10)1-4-13-12(11)5-6-25(13)8-14(26)27/h2-3,7,12-13H,1,4-6,8H2,(H,26,27)/t12-,13+/m0/s1. The lowest BCUT2D eigenvalue weighted by atomic mass is 9.77. The average molecular weight is 399 g/mol. The fraction of sp³-hybridized carbons (Fsp3) is 0.588. The lowest BCUT2D eigenvalue weighted by Gasteiger charge is -2.35. The topological polar surface area (TPSA) is 40.5 Å². The van der Waals surface area contributed by atoms with Gasteiger partial charge in [0.1, 0.15) is 0 Å². The molecular formula is C17H16F7NO2. The highest BCUT2D eigenvalue weighted by Gasteiger charge is 2.73. The first kappa shape index (κ1) is 19.9. The van der Waals surface area contributed by atoms with Crippen molar-refractivity contribution >= 4 is 5.97 Å². The second kappa shape index (κ2) is 6.35. The van der Waals surface area contributed by atoms with Crippen LogP contribution in [0.4, 0.5) is 30.7 Å². The smallest absolute Gasteiger partial charge is 0.435 e. The van der Waals surface area contributed by atoms with E-state index in [0.717, 1.165) is 6.07 Å². The van der Waals surface area contributed by atoms with Crippen LogP contribution in [0.1, 0.15) is 35.4 Å². The molecule has 2 atom stereocenters. The van der Waals surface area contributed by atoms with Crippen molar-refractivity contribution in [3.63, 3.8) is 0 Å². The van der Waals surface area contributed by atoms with Crippen molar-refractivity contribution < 1.29 is 40.6 Å². The Kier molecular flexibility index (Phi) is 4.69. The Morgan fingerprint density at radius 2 is 1.70 bits per heavy atom. The van der Waals surface area contributed by atoms with Crippen molar-refractivity contribution in [1.82, 2.24) is 4.90 Å². The molecule has 0 amide bonds. The van der Waals surface area contributed by atoms with Crippen molar-refractivity contribution in [1.29, 1.82) is 0 Å². The van der Waals surface area contributed by atoms with E-state index in [-0.39, 0.29) is 30.5 Å². The van der Waals surface area contributed by atoms with Gasteiger partial charge in [0, 0.05) is 17.5 Å². The number of hydrogen-bond acceptors (Lipinski definition) is 2. The summed E-state index contributed by atoms with van der Waals surface area (Å²) in [4.78, 5) is 12.7. The number of nitrogens with zero attached hydrogens (tertiary/aromatic N) is 1. The minimum absolute atomic E-state index is 0.139. The second-order valence-electron chi connectivity index (χ2n) is 6.93. The Balaban J connectivity index is 1.97. The van der Waals surface area contributed by atoms with Gasteiger partial charge in [0.05, 0.1) is 6.54 Å². The third-order valence-electron chi connectivity index (χ3n) is 5.43. The molecule has 1 saturated heterocycles. The van der Waals surface area contributed by atoms with Crippen LogP contribution in [0, 0.1) is 0 Å². The van der Waals surface area contributed by atoms with Crippen molar-refractivity contribution in [3.8, 4) is 0 Å². The molecular weight excluding hydrogens is 383 g/mol. The van der Waals surface area contributed by atoms with Crippen molar-refractivity contribution in [2.75, 3.05) is 13.1 Å². The number of hydrogen-bond donors (Lipinski definition) is 1. The third kappa shape index (κ3) is 3.17. The summed E-state index contributed by atoms with van der Waals surface area (Å²) < 4.78 is 91.9. The number of rotatable bonds is 3. The predicted molar refractivity (Wildman–Crippen MR) is 80.0 cm³/mol. The molecule has 0 unspecified atom stereocenters. The zero-order valence-corrected chi connectivity index (χ0v) is 13.9. The molecule has 1 aliphatic carbocycles. The highest BCUT2D eigenvalue weighted by molar-refractivity contribution is 5.69. The summed E-state index contributed by atoms with van der Waals surface area (Å²) in [6.45, 7) is 0.297. The van der Waals surface area contributed by atoms with Gasteiger partial charge in [-0.3, -0.25) is 9.69 Å². The van der Waals surface area contributed by atoms with Crippen molar-refractivity contribution in [3.05, 3.63) is 34.9 Å². The van der Waals surface area contributed by atoms with E-state index in [0.29, 0.717) is 37.1 Å². The van der Waals surface area contributed by atoms with E-state index in [1.165, 1.54) is 0 Å². The Morgan fingerprint density at radius 1 is 1.07 bits per heavy atom. The first-order valence-electron chi connectivity index (χ1n) is 8.27. The quantitative estimate of drug-likeness (QED) is 0.776. The van der Waals surface area contributed by atoms with Crippen LogP contribution in [-0.4, -0.2) is 47.5 Å². The van der Waals surface area contributed by atoms with Crippen LogP contribution in [-0.2, 0) is 16.9 Å². The average Bonchev–Trinajstić information content (AvgIpc) is 2.94. The molecule has 1 heterocycles. The molecule has 27 heavy (non-hydrogen) atoms. The van der Waals surface area contributed by atoms with Crippen LogP contribution in [0.3, 0.4) is 0 Å². The number of carboxylic acid groups (broad SMARTS) is 1. The minimum Gasteiger partial charge on any atom is -0.480 e. The SMILES string of the molecule is O=C(O)CN1CC[C@H]2c3ccc(C(F)(C(F)(F)F)C(F)(F)F)cc3CC[C@H]21. The minimum atomic E-state index is -6.14. The molecule has 2 aliphatic rings. The lowest BCUT2D eigenvalue weighted by Crippen LogP contribution is -2.50.